The number of anilines is 2. The molecule has 1 fully saturated rings. The summed E-state index contributed by atoms with van der Waals surface area (Å²) in [5.74, 6) is -0.0495. The standard InChI is InChI=1S/C25H25N3O2/c1-16-13-21(27-20-9-12-26-19-8-4-3-7-18(19)20)22(29)14-17-15-25(10-5-2-6-11-25)28-24(30)23(16)17/h3-4,7-9,12-14H,2,5-6,10-11,15H2,1H3,(H,28,30)(H,26,27,29). The number of hydrogen-bond acceptors (Lipinski definition) is 4. The average molecular weight is 399 g/mol. The second-order valence-corrected chi connectivity index (χ2v) is 8.62. The Kier molecular flexibility index (Phi) is 4.54. The monoisotopic (exact) mass is 399 g/mol. The predicted octanol–water partition coefficient (Wildman–Crippen LogP) is 4.64. The van der Waals surface area contributed by atoms with Crippen LogP contribution in [0.25, 0.3) is 10.9 Å². The van der Waals surface area contributed by atoms with Crippen molar-refractivity contribution < 1.29 is 4.79 Å². The second kappa shape index (κ2) is 7.24. The molecule has 30 heavy (non-hydrogen) atoms. The van der Waals surface area contributed by atoms with E-state index in [2.05, 4.69) is 15.6 Å². The molecule has 2 N–H and O–H groups in total. The lowest BCUT2D eigenvalue weighted by molar-refractivity contribution is 0.0844. The van der Waals surface area contributed by atoms with Gasteiger partial charge in [-0.25, -0.2) is 0 Å². The highest BCUT2D eigenvalue weighted by molar-refractivity contribution is 5.99. The molecule has 0 bridgehead atoms. The van der Waals surface area contributed by atoms with E-state index in [1.54, 1.807) is 18.3 Å². The molecule has 1 aromatic heterocycles. The molecule has 0 atom stereocenters. The molecule has 5 heteroatoms. The van der Waals surface area contributed by atoms with Gasteiger partial charge in [-0.05, 0) is 61.6 Å². The number of amides is 1. The highest BCUT2D eigenvalue weighted by Gasteiger charge is 2.39. The number of fused-ring (bicyclic) bond motifs is 2. The molecule has 1 aliphatic heterocycles. The number of benzene rings is 1. The van der Waals surface area contributed by atoms with E-state index in [-0.39, 0.29) is 16.9 Å². The maximum absolute atomic E-state index is 13.2. The molecule has 5 rings (SSSR count). The third-order valence-electron chi connectivity index (χ3n) is 6.51. The fourth-order valence-corrected chi connectivity index (χ4v) is 5.08. The van der Waals surface area contributed by atoms with Crippen molar-refractivity contribution in [2.24, 2.45) is 0 Å². The second-order valence-electron chi connectivity index (χ2n) is 8.62. The minimum atomic E-state index is -0.190. The normalized spacial score (nSPS) is 17.4. The molecule has 1 saturated carbocycles. The van der Waals surface area contributed by atoms with Crippen molar-refractivity contribution >= 4 is 28.2 Å². The van der Waals surface area contributed by atoms with Crippen LogP contribution in [0.2, 0.25) is 0 Å². The van der Waals surface area contributed by atoms with Crippen LogP contribution in [-0.2, 0) is 6.42 Å². The van der Waals surface area contributed by atoms with Gasteiger partial charge < -0.3 is 10.6 Å². The maximum Gasteiger partial charge on any atom is 0.252 e. The van der Waals surface area contributed by atoms with Crippen molar-refractivity contribution in [1.29, 1.82) is 0 Å². The van der Waals surface area contributed by atoms with Gasteiger partial charge in [0.1, 0.15) is 0 Å². The van der Waals surface area contributed by atoms with E-state index in [1.165, 1.54) is 6.42 Å². The van der Waals surface area contributed by atoms with Crippen molar-refractivity contribution in [2.45, 2.75) is 51.0 Å². The fraction of sp³-hybridized carbons (Fsp3) is 0.320. The smallest absolute Gasteiger partial charge is 0.252 e. The molecule has 152 valence electrons. The van der Waals surface area contributed by atoms with Gasteiger partial charge in [-0.1, -0.05) is 37.5 Å². The number of para-hydroxylation sites is 1. The molecule has 3 aromatic rings. The highest BCUT2D eigenvalue weighted by atomic mass is 16.2. The van der Waals surface area contributed by atoms with Gasteiger partial charge in [0.05, 0.1) is 11.2 Å². The summed E-state index contributed by atoms with van der Waals surface area (Å²) < 4.78 is 0. The molecular formula is C25H25N3O2. The van der Waals surface area contributed by atoms with E-state index >= 15 is 0 Å². The Morgan fingerprint density at radius 1 is 1.00 bits per heavy atom. The van der Waals surface area contributed by atoms with Gasteiger partial charge in [0.2, 0.25) is 5.43 Å². The van der Waals surface area contributed by atoms with Crippen molar-refractivity contribution in [3.63, 3.8) is 0 Å². The average Bonchev–Trinajstić information content (AvgIpc) is 2.84. The van der Waals surface area contributed by atoms with Gasteiger partial charge >= 0.3 is 0 Å². The molecule has 1 spiro atoms. The molecule has 2 aromatic carbocycles. The van der Waals surface area contributed by atoms with E-state index in [9.17, 15) is 9.59 Å². The number of carbonyl (C=O) groups is 1. The zero-order valence-corrected chi connectivity index (χ0v) is 17.1. The molecule has 0 radical (unpaired) electrons. The van der Waals surface area contributed by atoms with Crippen molar-refractivity contribution in [1.82, 2.24) is 10.3 Å². The van der Waals surface area contributed by atoms with Gasteiger partial charge in [-0.2, -0.15) is 0 Å². The van der Waals surface area contributed by atoms with Gasteiger partial charge in [0, 0.05) is 28.4 Å². The number of pyridine rings is 1. The lowest BCUT2D eigenvalue weighted by atomic mass is 9.74. The van der Waals surface area contributed by atoms with Gasteiger partial charge in [-0.3, -0.25) is 14.6 Å². The zero-order chi connectivity index (χ0) is 20.7. The molecule has 2 aliphatic rings. The van der Waals surface area contributed by atoms with Gasteiger partial charge in [0.15, 0.2) is 0 Å². The summed E-state index contributed by atoms with van der Waals surface area (Å²) in [6, 6.07) is 13.2. The van der Waals surface area contributed by atoms with Crippen molar-refractivity contribution in [3.05, 3.63) is 75.6 Å². The Morgan fingerprint density at radius 3 is 2.63 bits per heavy atom. The summed E-state index contributed by atoms with van der Waals surface area (Å²) in [5, 5.41) is 7.54. The summed E-state index contributed by atoms with van der Waals surface area (Å²) in [6.07, 6.45) is 7.90. The number of rotatable bonds is 2. The predicted molar refractivity (Wildman–Crippen MR) is 119 cm³/mol. The topological polar surface area (TPSA) is 71.1 Å². The third kappa shape index (κ3) is 3.24. The largest absolute Gasteiger partial charge is 0.352 e. The lowest BCUT2D eigenvalue weighted by Gasteiger charge is -2.41. The number of nitrogens with zero attached hydrogens (tertiary/aromatic N) is 1. The quantitative estimate of drug-likeness (QED) is 0.659. The van der Waals surface area contributed by atoms with Crippen LogP contribution in [0.1, 0.15) is 53.6 Å². The molecular weight excluding hydrogens is 374 g/mol. The van der Waals surface area contributed by atoms with E-state index in [0.717, 1.165) is 59.8 Å². The minimum Gasteiger partial charge on any atom is -0.352 e. The van der Waals surface area contributed by atoms with Gasteiger partial charge in [-0.15, -0.1) is 0 Å². The number of aromatic nitrogens is 1. The first-order chi connectivity index (χ1) is 14.5. The zero-order valence-electron chi connectivity index (χ0n) is 17.1. The lowest BCUT2D eigenvalue weighted by Crippen LogP contribution is -2.54. The third-order valence-corrected chi connectivity index (χ3v) is 6.51. The first-order valence-corrected chi connectivity index (χ1v) is 10.7. The summed E-state index contributed by atoms with van der Waals surface area (Å²) in [7, 11) is 0. The fourth-order valence-electron chi connectivity index (χ4n) is 5.08. The maximum atomic E-state index is 13.2. The Bertz CT molecular complexity index is 1210. The van der Waals surface area contributed by atoms with Crippen LogP contribution in [0.4, 0.5) is 11.4 Å². The number of nitrogens with one attached hydrogen (secondary N) is 2. The Hall–Kier alpha value is -3.21. The summed E-state index contributed by atoms with van der Waals surface area (Å²) >= 11 is 0. The molecule has 0 saturated heterocycles. The SMILES string of the molecule is Cc1cc(Nc2ccnc3ccccc23)c(=O)cc2c1C(=O)NC1(CCCCC1)C2. The van der Waals surface area contributed by atoms with Crippen LogP contribution < -0.4 is 16.1 Å². The van der Waals surface area contributed by atoms with Crippen LogP contribution in [0, 0.1) is 6.92 Å². The Labute approximate surface area is 175 Å². The molecule has 0 unspecified atom stereocenters. The number of hydrogen-bond donors (Lipinski definition) is 2. The Morgan fingerprint density at radius 2 is 1.80 bits per heavy atom. The molecule has 5 nitrogen and oxygen atoms in total. The summed E-state index contributed by atoms with van der Waals surface area (Å²) in [5.41, 5.74) is 4.22. The van der Waals surface area contributed by atoms with Crippen molar-refractivity contribution in [2.75, 3.05) is 5.32 Å². The number of carbonyl (C=O) groups excluding carboxylic acids is 1. The van der Waals surface area contributed by atoms with Gasteiger partial charge in [0.25, 0.3) is 5.91 Å². The number of aryl methyl sites for hydroxylation is 1. The van der Waals surface area contributed by atoms with Crippen molar-refractivity contribution in [3.8, 4) is 0 Å². The molecule has 1 amide bonds. The van der Waals surface area contributed by atoms with Crippen LogP contribution in [0.15, 0.2) is 53.5 Å². The highest BCUT2D eigenvalue weighted by Crippen LogP contribution is 2.36. The van der Waals surface area contributed by atoms with E-state index < -0.39 is 0 Å². The van der Waals surface area contributed by atoms with Crippen LogP contribution >= 0.6 is 0 Å². The summed E-state index contributed by atoms with van der Waals surface area (Å²) in [4.78, 5) is 30.6. The Balaban J connectivity index is 1.59. The van der Waals surface area contributed by atoms with E-state index in [0.29, 0.717) is 11.3 Å². The minimum absolute atomic E-state index is 0.0495. The van der Waals surface area contributed by atoms with Crippen LogP contribution in [0.3, 0.4) is 0 Å². The summed E-state index contributed by atoms with van der Waals surface area (Å²) in [6.45, 7) is 1.91. The van der Waals surface area contributed by atoms with E-state index in [1.807, 2.05) is 37.3 Å². The first kappa shape index (κ1) is 18.8. The van der Waals surface area contributed by atoms with Crippen LogP contribution in [-0.4, -0.2) is 16.4 Å². The molecule has 1 aliphatic carbocycles. The van der Waals surface area contributed by atoms with E-state index in [4.69, 9.17) is 0 Å². The first-order valence-electron chi connectivity index (χ1n) is 10.7. The van der Waals surface area contributed by atoms with Crippen LogP contribution in [0.5, 0.6) is 0 Å². The molecule has 2 heterocycles.